The first-order valence-electron chi connectivity index (χ1n) is 38.2. The fourth-order valence-corrected chi connectivity index (χ4v) is 18.6. The second kappa shape index (κ2) is 39.6. The molecule has 8 aliphatic rings. The predicted molar refractivity (Wildman–Crippen MR) is 464 cm³/mol. The molecule has 648 valence electrons. The number of aliphatic hydroxyl groups is 10. The minimum absolute atomic E-state index is 0.222. The average Bonchev–Trinajstić information content (AvgIpc) is 1.62. The van der Waals surface area contributed by atoms with E-state index in [1.54, 1.807) is 31.7 Å². The van der Waals surface area contributed by atoms with E-state index in [9.17, 15) is 84.6 Å². The second-order valence-corrected chi connectivity index (χ2v) is 56.0. The molecule has 15 N–H and O–H groups in total. The van der Waals surface area contributed by atoms with Crippen molar-refractivity contribution in [3.63, 3.8) is 0 Å². The summed E-state index contributed by atoms with van der Waals surface area (Å²) in [5, 5.41) is 112. The Morgan fingerprint density at radius 1 is 0.478 bits per heavy atom. The third-order valence-electron chi connectivity index (χ3n) is 20.7. The smallest absolute Gasteiger partial charge is 0.330 e. The van der Waals surface area contributed by atoms with Gasteiger partial charge in [-0.1, -0.05) is 46.1 Å². The molecule has 37 heteroatoms. The van der Waals surface area contributed by atoms with Gasteiger partial charge in [0.05, 0.1) is 42.0 Å². The summed E-state index contributed by atoms with van der Waals surface area (Å²) in [6.45, 7) is 36.8. The number of aromatic amines is 2. The highest BCUT2D eigenvalue weighted by Gasteiger charge is 2.58. The highest BCUT2D eigenvalue weighted by atomic mass is 31.2. The number of ether oxygens (including phenoxy) is 5. The first-order chi connectivity index (χ1) is 52.9. The summed E-state index contributed by atoms with van der Waals surface area (Å²) in [5.74, 6) is -2.30. The van der Waals surface area contributed by atoms with Gasteiger partial charge < -0.3 is 100 Å². The largest absolute Gasteiger partial charge is 0.390 e. The summed E-state index contributed by atoms with van der Waals surface area (Å²) < 4.78 is 31.5. The Bertz CT molecular complexity index is 4350. The molecule has 0 bridgehead atoms. The molecule has 8 aliphatic heterocycles. The van der Waals surface area contributed by atoms with E-state index in [1.165, 1.54) is 63.6 Å². The summed E-state index contributed by atoms with van der Waals surface area (Å²) >= 11 is 0. The summed E-state index contributed by atoms with van der Waals surface area (Å²) in [6, 6.07) is 0. The summed E-state index contributed by atoms with van der Waals surface area (Å²) in [5.41, 5.74) is -3.38. The molecule has 0 radical (unpaired) electrons. The van der Waals surface area contributed by atoms with Gasteiger partial charge in [-0.25, -0.2) is 9.59 Å². The van der Waals surface area contributed by atoms with Crippen LogP contribution in [0.4, 0.5) is 0 Å². The molecule has 5 saturated heterocycles. The third kappa shape index (κ3) is 26.1. The maximum Gasteiger partial charge on any atom is 0.330 e. The molecule has 0 spiro atoms. The molecule has 32 nitrogen and oxygen atoms in total. The molecule has 1 unspecified atom stereocenters. The van der Waals surface area contributed by atoms with Gasteiger partial charge in [-0.3, -0.25) is 48.0 Å². The quantitative estimate of drug-likeness (QED) is 0.0498. The van der Waals surface area contributed by atoms with Crippen molar-refractivity contribution in [2.24, 2.45) is 5.92 Å². The van der Waals surface area contributed by atoms with Crippen molar-refractivity contribution in [1.29, 1.82) is 0 Å². The van der Waals surface area contributed by atoms with E-state index in [2.05, 4.69) is 150 Å². The zero-order valence-corrected chi connectivity index (χ0v) is 73.6. The number of amides is 3. The van der Waals surface area contributed by atoms with Crippen LogP contribution in [0.5, 0.6) is 0 Å². The number of H-pyrrole nitrogens is 2. The fraction of sp³-hybridized carbons (Fsp3) is 0.615. The van der Waals surface area contributed by atoms with Gasteiger partial charge in [0.2, 0.25) is 0 Å². The van der Waals surface area contributed by atoms with Gasteiger partial charge in [0, 0.05) is 60.3 Å². The van der Waals surface area contributed by atoms with Crippen molar-refractivity contribution in [1.82, 2.24) is 49.8 Å². The normalized spacial score (nSPS) is 32.1. The van der Waals surface area contributed by atoms with E-state index >= 15 is 0 Å². The first kappa shape index (κ1) is 98.1. The molecule has 5 fully saturated rings. The monoisotopic (exact) mass is 1710 g/mol. The van der Waals surface area contributed by atoms with Gasteiger partial charge in [-0.2, -0.15) is 0 Å². The highest BCUT2D eigenvalue weighted by Crippen LogP contribution is 2.47. The number of allylic oxidation sites excluding steroid dienone is 1. The summed E-state index contributed by atoms with van der Waals surface area (Å²) in [6.07, 6.45) is 28.6. The Morgan fingerprint density at radius 2 is 0.870 bits per heavy atom. The molecule has 115 heavy (non-hydrogen) atoms. The summed E-state index contributed by atoms with van der Waals surface area (Å²) in [4.78, 5) is 90.7. The fourth-order valence-electron chi connectivity index (χ4n) is 13.7. The number of hydrogen-bond donors (Lipinski definition) is 15. The number of nitrogens with zero attached hydrogens (tertiary/aromatic N) is 5. The van der Waals surface area contributed by atoms with Gasteiger partial charge >= 0.3 is 11.4 Å². The van der Waals surface area contributed by atoms with Crippen LogP contribution in [0.1, 0.15) is 96.2 Å². The highest BCUT2D eigenvalue weighted by molar-refractivity contribution is 7.73. The molecule has 2 aromatic heterocycles. The van der Waals surface area contributed by atoms with Crippen molar-refractivity contribution in [2.45, 2.75) is 201 Å². The number of rotatable bonds is 25. The third-order valence-corrected chi connectivity index (χ3v) is 28.1. The minimum Gasteiger partial charge on any atom is -0.390 e. The van der Waals surface area contributed by atoms with E-state index < -0.39 is 178 Å². The SMILES string of the molecule is C=C1NC(=O)C=CN1C1O[C@](C)(CCP(=C)(C)C)[C@@H](O)[C@H]1O.C=C1NC(=O)C=CN1[C@@]1(C)O[C@H](CCP(=C)(C)C)[C@@H](O)[C@H]1O.C=C1NC(=O)C=CN1[C@@]1(O)O[C@H](CCP(=C)(C)C)[C@@H](O)[C@H]1C.C=CCCc1cn([C@@H]2O[C@H](CCP(=C)(C)C)[C@@H](O)[C@H]2O)c(=O)[nH]c1=O.C=P(C)(C)CC[C@H]1O[C@@H](n2cc(CCC)c(=O)[nH]c2=O)[C@H](O)[C@@H]1O. The molecular weight excluding hydrogens is 1580 g/mol. The molecule has 0 aromatic carbocycles. The number of aromatic nitrogens is 4. The Morgan fingerprint density at radius 3 is 1.27 bits per heavy atom. The lowest BCUT2D eigenvalue weighted by Gasteiger charge is -2.41. The van der Waals surface area contributed by atoms with Crippen LogP contribution in [0.2, 0.25) is 0 Å². The van der Waals surface area contributed by atoms with E-state index in [1.807, 2.05) is 6.92 Å². The number of nitrogens with one attached hydrogen (secondary N) is 5. The molecular formula is C78H129N10O22P5. The lowest BCUT2D eigenvalue weighted by molar-refractivity contribution is -0.277. The molecule has 3 amide bonds. The van der Waals surface area contributed by atoms with Crippen molar-refractivity contribution in [3.8, 4) is 0 Å². The second-order valence-electron chi connectivity index (χ2n) is 34.4. The van der Waals surface area contributed by atoms with Gasteiger partial charge in [0.25, 0.3) is 34.8 Å². The van der Waals surface area contributed by atoms with Gasteiger partial charge in [0.1, 0.15) is 66.3 Å². The Kier molecular flexibility index (Phi) is 33.8. The van der Waals surface area contributed by atoms with Crippen LogP contribution in [-0.4, -0.2) is 334 Å². The van der Waals surface area contributed by atoms with Crippen LogP contribution in [0.15, 0.2) is 118 Å². The number of carbonyl (C=O) groups is 3. The van der Waals surface area contributed by atoms with E-state index in [0.717, 1.165) is 41.8 Å². The predicted octanol–water partition coefficient (Wildman–Crippen LogP) is 1.80. The Balaban J connectivity index is 0.000000224. The first-order valence-corrected chi connectivity index (χ1v) is 53.4. The van der Waals surface area contributed by atoms with Crippen molar-refractivity contribution in [3.05, 3.63) is 152 Å². The van der Waals surface area contributed by atoms with Gasteiger partial charge in [-0.05, 0) is 163 Å². The number of hydrogen-bond acceptors (Lipinski definition) is 25. The lowest BCUT2D eigenvalue weighted by Crippen LogP contribution is -2.55. The molecule has 2 aromatic rings. The van der Waals surface area contributed by atoms with Crippen LogP contribution in [0.25, 0.3) is 0 Å². The van der Waals surface area contributed by atoms with Crippen molar-refractivity contribution in [2.75, 3.05) is 97.5 Å². The molecule has 0 saturated carbocycles. The van der Waals surface area contributed by atoms with Crippen LogP contribution >= 0.6 is 34.4 Å². The van der Waals surface area contributed by atoms with Crippen LogP contribution in [0, 0.1) is 5.92 Å². The maximum absolute atomic E-state index is 12.1. The van der Waals surface area contributed by atoms with Gasteiger partial charge in [0.15, 0.2) is 24.4 Å². The van der Waals surface area contributed by atoms with Gasteiger partial charge in [-0.15, -0.1) is 72.5 Å². The van der Waals surface area contributed by atoms with E-state index in [-0.39, 0.29) is 23.5 Å². The van der Waals surface area contributed by atoms with E-state index in [4.69, 9.17) is 23.7 Å². The maximum atomic E-state index is 12.1. The standard InChI is InChI=1S/C17H27N2O5P.C16H27N2O5P.3C15H25N2O4P/c1-5-6-7-11-10-19(17(23)18-15(11)22)16-14(21)13(20)12(24-16)8-9-25(2,3)4;1-5-6-10-9-18(16(22)17-14(10)21)15-13(20)12(19)11(23-15)7-8-24(2,3)4;1-10-16-12(18)6-8-17(10)15(2)14(20)13(19)11(21-15)7-9-22(3,4)5;1-10-16-11(18)6-8-17(10)14-12(19)13(20)15(2,21-14)7-9-22(3,4)5;1-10-14(19)12(7-9-22(3,4)5)21-15(10,20)17-8-6-13(18)16-11(17)2/h5,10,12-14,16,20-21H,1-2,6-9H2,3-4H3,(H,18,22,23);9,11-13,15,19-20H,2,5-8H2,1,3-4H3,(H,17,21,22);6,8,11,13-14,19-20H,1,3,7,9H2,2,4-5H3,(H,16,18);6,8,12-14,19-20H,1,3,7,9H2,2,4-5H3,(H,16,18);6,8,10,12,14,19-20H,2-3,7,9H2,1,4-5H3,(H,16,18)/t12-,13-,14-,16-;11-,12-,13-,15-;11-,13-,14-,15+;12-,13+,14?,15-;10-,12-,14+,15+/m11111/s1. The number of aliphatic hydroxyl groups excluding tert-OH is 9. The van der Waals surface area contributed by atoms with Crippen molar-refractivity contribution >= 4 is 83.6 Å². The lowest BCUT2D eigenvalue weighted by atomic mass is 9.94. The Hall–Kier alpha value is -5.75. The number of aryl methyl sites for hydroxylation is 2. The minimum atomic E-state index is -1.73. The van der Waals surface area contributed by atoms with Crippen LogP contribution < -0.4 is 38.4 Å². The van der Waals surface area contributed by atoms with Crippen LogP contribution in [0.3, 0.4) is 0 Å². The summed E-state index contributed by atoms with van der Waals surface area (Å²) in [7, 11) is 0. The van der Waals surface area contributed by atoms with Crippen LogP contribution in [-0.2, 0) is 50.9 Å². The molecule has 10 heterocycles. The number of carbonyl (C=O) groups excluding carboxylic acids is 3. The zero-order chi connectivity index (χ0) is 87.0. The van der Waals surface area contributed by atoms with E-state index in [0.29, 0.717) is 74.1 Å². The topological polar surface area (TPSA) is 455 Å². The average molecular weight is 1710 g/mol. The van der Waals surface area contributed by atoms with Crippen molar-refractivity contribution < 1.29 is 89.1 Å². The zero-order valence-electron chi connectivity index (χ0n) is 69.1. The Labute approximate surface area is 675 Å². The molecule has 20 atom stereocenters. The molecule has 10 rings (SSSR count). The molecule has 0 aliphatic carbocycles.